The van der Waals surface area contributed by atoms with Crippen molar-refractivity contribution >= 4 is 28.4 Å². The van der Waals surface area contributed by atoms with E-state index in [2.05, 4.69) is 46.4 Å². The number of hydrogen-bond acceptors (Lipinski definition) is 3. The van der Waals surface area contributed by atoms with Crippen molar-refractivity contribution in [3.05, 3.63) is 15.1 Å². The van der Waals surface area contributed by atoms with Crippen molar-refractivity contribution in [3.63, 3.8) is 0 Å². The largest absolute Gasteiger partial charge is 0.383 e. The van der Waals surface area contributed by atoms with Gasteiger partial charge in [0.25, 0.3) is 0 Å². The van der Waals surface area contributed by atoms with Gasteiger partial charge in [0.05, 0.1) is 9.26 Å². The molecule has 0 aromatic carbocycles. The number of nitrogens with zero attached hydrogens (tertiary/aromatic N) is 2. The summed E-state index contributed by atoms with van der Waals surface area (Å²) in [5.74, 6) is 1.85. The predicted molar refractivity (Wildman–Crippen MR) is 62.6 cm³/mol. The second kappa shape index (κ2) is 4.21. The van der Waals surface area contributed by atoms with Gasteiger partial charge in [0, 0.05) is 6.42 Å². The number of nitrogens with two attached hydrogens (primary N) is 1. The number of nitrogen functional groups attached to an aromatic ring is 1. The van der Waals surface area contributed by atoms with Gasteiger partial charge in [0.15, 0.2) is 0 Å². The van der Waals surface area contributed by atoms with E-state index in [-0.39, 0.29) is 0 Å². The zero-order valence-corrected chi connectivity index (χ0v) is 10.3. The predicted octanol–water partition coefficient (Wildman–Crippen LogP) is 2.35. The van der Waals surface area contributed by atoms with Gasteiger partial charge in [0.1, 0.15) is 11.6 Å². The topological polar surface area (TPSA) is 51.8 Å². The zero-order valence-electron chi connectivity index (χ0n) is 8.13. The van der Waals surface area contributed by atoms with Crippen LogP contribution in [0.25, 0.3) is 0 Å². The van der Waals surface area contributed by atoms with Gasteiger partial charge in [-0.3, -0.25) is 0 Å². The highest BCUT2D eigenvalue weighted by atomic mass is 127. The fourth-order valence-corrected chi connectivity index (χ4v) is 1.94. The Balaban J connectivity index is 3.25. The molecule has 72 valence electrons. The quantitative estimate of drug-likeness (QED) is 0.851. The van der Waals surface area contributed by atoms with Gasteiger partial charge in [-0.1, -0.05) is 20.8 Å². The highest BCUT2D eigenvalue weighted by Crippen LogP contribution is 2.22. The highest BCUT2D eigenvalue weighted by molar-refractivity contribution is 14.1. The summed E-state index contributed by atoms with van der Waals surface area (Å²) in [4.78, 5) is 8.65. The molecular formula is C9H14IN3. The molecule has 0 spiro atoms. The second-order valence-electron chi connectivity index (χ2n) is 3.23. The molecule has 0 aliphatic heterocycles. The zero-order chi connectivity index (χ0) is 10.0. The van der Waals surface area contributed by atoms with Crippen molar-refractivity contribution in [2.75, 3.05) is 5.73 Å². The summed E-state index contributed by atoms with van der Waals surface area (Å²) in [5, 5.41) is 0. The molecule has 0 amide bonds. The SMILES string of the molecule is CCc1nc(N)c(I)c(C(C)C)n1. The lowest BCUT2D eigenvalue weighted by Crippen LogP contribution is -2.07. The van der Waals surface area contributed by atoms with Gasteiger partial charge in [-0.05, 0) is 28.5 Å². The van der Waals surface area contributed by atoms with Crippen LogP contribution in [0.2, 0.25) is 0 Å². The lowest BCUT2D eigenvalue weighted by Gasteiger charge is -2.10. The van der Waals surface area contributed by atoms with Crippen LogP contribution in [0, 0.1) is 3.57 Å². The molecule has 0 saturated carbocycles. The van der Waals surface area contributed by atoms with Crippen LogP contribution in [0.15, 0.2) is 0 Å². The smallest absolute Gasteiger partial charge is 0.140 e. The molecule has 0 saturated heterocycles. The Morgan fingerprint density at radius 1 is 1.38 bits per heavy atom. The molecule has 0 unspecified atom stereocenters. The third-order valence-electron chi connectivity index (χ3n) is 1.81. The standard InChI is InChI=1S/C9H14IN3/c1-4-6-12-8(5(2)3)7(10)9(11)13-6/h5H,4H2,1-3H3,(H2,11,12,13). The molecule has 0 radical (unpaired) electrons. The first kappa shape index (κ1) is 10.7. The average molecular weight is 291 g/mol. The van der Waals surface area contributed by atoms with Crippen molar-refractivity contribution in [1.82, 2.24) is 9.97 Å². The molecule has 0 bridgehead atoms. The molecule has 1 rings (SSSR count). The molecule has 0 aliphatic rings. The van der Waals surface area contributed by atoms with E-state index in [0.29, 0.717) is 11.7 Å². The van der Waals surface area contributed by atoms with Gasteiger partial charge in [-0.2, -0.15) is 0 Å². The monoisotopic (exact) mass is 291 g/mol. The van der Waals surface area contributed by atoms with Crippen molar-refractivity contribution < 1.29 is 0 Å². The number of rotatable bonds is 2. The first-order chi connectivity index (χ1) is 6.06. The summed E-state index contributed by atoms with van der Waals surface area (Å²) in [5.41, 5.74) is 6.84. The second-order valence-corrected chi connectivity index (χ2v) is 4.31. The van der Waals surface area contributed by atoms with Crippen molar-refractivity contribution in [2.24, 2.45) is 0 Å². The Morgan fingerprint density at radius 2 is 2.00 bits per heavy atom. The van der Waals surface area contributed by atoms with Gasteiger partial charge in [0.2, 0.25) is 0 Å². The lowest BCUT2D eigenvalue weighted by molar-refractivity contribution is 0.781. The van der Waals surface area contributed by atoms with Gasteiger partial charge in [-0.25, -0.2) is 9.97 Å². The maximum atomic E-state index is 5.78. The van der Waals surface area contributed by atoms with E-state index in [1.54, 1.807) is 0 Å². The van der Waals surface area contributed by atoms with Crippen LogP contribution in [0.4, 0.5) is 5.82 Å². The molecule has 0 fully saturated rings. The van der Waals surface area contributed by atoms with Crippen LogP contribution < -0.4 is 5.73 Å². The molecule has 2 N–H and O–H groups in total. The van der Waals surface area contributed by atoms with Crippen LogP contribution in [-0.2, 0) is 6.42 Å². The molecule has 3 nitrogen and oxygen atoms in total. The third kappa shape index (κ3) is 2.30. The van der Waals surface area contributed by atoms with Crippen LogP contribution in [0.1, 0.15) is 38.2 Å². The lowest BCUT2D eigenvalue weighted by atomic mass is 10.1. The molecule has 13 heavy (non-hydrogen) atoms. The van der Waals surface area contributed by atoms with Gasteiger partial charge in [-0.15, -0.1) is 0 Å². The van der Waals surface area contributed by atoms with Crippen molar-refractivity contribution in [1.29, 1.82) is 0 Å². The fraction of sp³-hybridized carbons (Fsp3) is 0.556. The Kier molecular flexibility index (Phi) is 3.47. The first-order valence-electron chi connectivity index (χ1n) is 4.38. The number of halogens is 1. The molecule has 1 aromatic rings. The summed E-state index contributed by atoms with van der Waals surface area (Å²) in [6.45, 7) is 6.26. The average Bonchev–Trinajstić information content (AvgIpc) is 2.09. The highest BCUT2D eigenvalue weighted by Gasteiger charge is 2.11. The minimum atomic E-state index is 0.405. The van der Waals surface area contributed by atoms with E-state index in [1.807, 2.05) is 6.92 Å². The molecule has 4 heteroatoms. The molecule has 0 aliphatic carbocycles. The van der Waals surface area contributed by atoms with Crippen molar-refractivity contribution in [2.45, 2.75) is 33.1 Å². The molecular weight excluding hydrogens is 277 g/mol. The van der Waals surface area contributed by atoms with E-state index < -0.39 is 0 Å². The van der Waals surface area contributed by atoms with Crippen molar-refractivity contribution in [3.8, 4) is 0 Å². The normalized spacial score (nSPS) is 10.8. The molecule has 1 heterocycles. The number of anilines is 1. The van der Waals surface area contributed by atoms with E-state index >= 15 is 0 Å². The Hall–Kier alpha value is -0.390. The maximum Gasteiger partial charge on any atom is 0.140 e. The minimum absolute atomic E-state index is 0.405. The van der Waals surface area contributed by atoms with Crippen LogP contribution in [0.3, 0.4) is 0 Å². The van der Waals surface area contributed by atoms with Gasteiger partial charge < -0.3 is 5.73 Å². The summed E-state index contributed by atoms with van der Waals surface area (Å²) in [6.07, 6.45) is 0.834. The maximum absolute atomic E-state index is 5.78. The van der Waals surface area contributed by atoms with Gasteiger partial charge >= 0.3 is 0 Å². The summed E-state index contributed by atoms with van der Waals surface area (Å²) >= 11 is 2.20. The molecule has 0 atom stereocenters. The third-order valence-corrected chi connectivity index (χ3v) is 2.92. The van der Waals surface area contributed by atoms with E-state index in [1.165, 1.54) is 0 Å². The number of aryl methyl sites for hydroxylation is 1. The van der Waals surface area contributed by atoms with Crippen LogP contribution in [0.5, 0.6) is 0 Å². The summed E-state index contributed by atoms with van der Waals surface area (Å²) < 4.78 is 0.991. The van der Waals surface area contributed by atoms with E-state index in [9.17, 15) is 0 Å². The Morgan fingerprint density at radius 3 is 2.46 bits per heavy atom. The fourth-order valence-electron chi connectivity index (χ4n) is 1.07. The Bertz CT molecular complexity index is 310. The first-order valence-corrected chi connectivity index (χ1v) is 5.45. The molecule has 1 aromatic heterocycles. The number of aromatic nitrogens is 2. The van der Waals surface area contributed by atoms with E-state index in [4.69, 9.17) is 5.73 Å². The minimum Gasteiger partial charge on any atom is -0.383 e. The van der Waals surface area contributed by atoms with Crippen LogP contribution >= 0.6 is 22.6 Å². The van der Waals surface area contributed by atoms with Crippen LogP contribution in [-0.4, -0.2) is 9.97 Å². The number of hydrogen-bond donors (Lipinski definition) is 1. The van der Waals surface area contributed by atoms with E-state index in [0.717, 1.165) is 21.5 Å². The summed E-state index contributed by atoms with van der Waals surface area (Å²) in [7, 11) is 0. The summed E-state index contributed by atoms with van der Waals surface area (Å²) in [6, 6.07) is 0. The Labute approximate surface area is 92.3 Å².